The van der Waals surface area contributed by atoms with E-state index in [2.05, 4.69) is 26.2 Å². The van der Waals surface area contributed by atoms with E-state index in [0.29, 0.717) is 42.3 Å². The van der Waals surface area contributed by atoms with E-state index in [9.17, 15) is 19.2 Å². The molecular weight excluding hydrogens is 438 g/mol. The van der Waals surface area contributed by atoms with Crippen molar-refractivity contribution >= 4 is 35.0 Å². The van der Waals surface area contributed by atoms with Crippen LogP contribution >= 0.6 is 0 Å². The van der Waals surface area contributed by atoms with Crippen molar-refractivity contribution in [3.63, 3.8) is 0 Å². The van der Waals surface area contributed by atoms with Crippen molar-refractivity contribution in [1.82, 2.24) is 24.7 Å². The van der Waals surface area contributed by atoms with E-state index in [0.717, 1.165) is 13.0 Å². The second-order valence-electron chi connectivity index (χ2n) is 8.45. The zero-order valence-electron chi connectivity index (χ0n) is 20.5. The lowest BCUT2D eigenvalue weighted by molar-refractivity contribution is -0.119. The molecule has 4 amide bonds. The molecule has 2 rings (SSSR count). The summed E-state index contributed by atoms with van der Waals surface area (Å²) in [5, 5.41) is 11.1. The number of rotatable bonds is 12. The van der Waals surface area contributed by atoms with Gasteiger partial charge in [0, 0.05) is 52.9 Å². The lowest BCUT2D eigenvalue weighted by Crippen LogP contribution is -2.28. The zero-order chi connectivity index (χ0) is 25.3. The number of hydrogen-bond donors (Lipinski definition) is 4. The Balaban J connectivity index is 1.91. The Morgan fingerprint density at radius 1 is 0.824 bits per heavy atom. The van der Waals surface area contributed by atoms with Crippen LogP contribution in [-0.2, 0) is 23.7 Å². The second kappa shape index (κ2) is 12.6. The van der Waals surface area contributed by atoms with E-state index >= 15 is 0 Å². The second-order valence-corrected chi connectivity index (χ2v) is 8.45. The smallest absolute Gasteiger partial charge is 0.272 e. The summed E-state index contributed by atoms with van der Waals surface area (Å²) in [5.41, 5.74) is 1.80. The number of hydrogen-bond acceptors (Lipinski definition) is 5. The highest BCUT2D eigenvalue weighted by Gasteiger charge is 2.17. The molecule has 0 aliphatic carbocycles. The summed E-state index contributed by atoms with van der Waals surface area (Å²) in [6, 6.07) is 3.21. The van der Waals surface area contributed by atoms with E-state index in [4.69, 9.17) is 0 Å². The van der Waals surface area contributed by atoms with Gasteiger partial charge in [-0.1, -0.05) is 0 Å². The topological polar surface area (TPSA) is 130 Å². The Bertz CT molecular complexity index is 1020. The van der Waals surface area contributed by atoms with Crippen LogP contribution in [0.2, 0.25) is 0 Å². The number of carbonyl (C=O) groups is 4. The summed E-state index contributed by atoms with van der Waals surface area (Å²) in [6.07, 6.45) is 4.94. The van der Waals surface area contributed by atoms with Crippen molar-refractivity contribution < 1.29 is 19.2 Å². The van der Waals surface area contributed by atoms with Crippen LogP contribution in [-0.4, -0.2) is 71.4 Å². The third-order valence-corrected chi connectivity index (χ3v) is 5.04. The first-order valence-corrected chi connectivity index (χ1v) is 11.2. The molecule has 2 aromatic rings. The average Bonchev–Trinajstić information content (AvgIpc) is 3.29. The maximum Gasteiger partial charge on any atom is 0.272 e. The highest BCUT2D eigenvalue weighted by Crippen LogP contribution is 2.17. The highest BCUT2D eigenvalue weighted by molar-refractivity contribution is 6.05. The number of aryl methyl sites for hydroxylation is 2. The van der Waals surface area contributed by atoms with Crippen LogP contribution in [0.5, 0.6) is 0 Å². The predicted octanol–water partition coefficient (Wildman–Crippen LogP) is 1.15. The number of amides is 4. The van der Waals surface area contributed by atoms with Gasteiger partial charge >= 0.3 is 0 Å². The summed E-state index contributed by atoms with van der Waals surface area (Å²) in [6.45, 7) is 3.30. The van der Waals surface area contributed by atoms with Gasteiger partial charge < -0.3 is 35.3 Å². The van der Waals surface area contributed by atoms with Gasteiger partial charge in [-0.25, -0.2) is 0 Å². The lowest BCUT2D eigenvalue weighted by atomic mass is 10.3. The lowest BCUT2D eigenvalue weighted by Gasteiger charge is -2.10. The molecule has 0 saturated heterocycles. The normalized spacial score (nSPS) is 10.8. The minimum absolute atomic E-state index is 0.134. The molecule has 0 fully saturated rings. The number of nitrogens with zero attached hydrogens (tertiary/aromatic N) is 3. The standard InChI is InChI=1S/C23H35N7O4/c1-16(31)24-9-6-8-21(32)26-17-12-20(30(5)14-17)23(34)27-18-13-19(29(4)15-18)22(33)25-10-7-11-28(2)3/h12-15H,6-11H2,1-5H3,(H,24,31)(H,25,33)(H,26,32)(H,27,34). The monoisotopic (exact) mass is 473 g/mol. The fourth-order valence-electron chi connectivity index (χ4n) is 3.34. The van der Waals surface area contributed by atoms with Gasteiger partial charge in [0.05, 0.1) is 11.4 Å². The first kappa shape index (κ1) is 26.7. The van der Waals surface area contributed by atoms with Gasteiger partial charge in [-0.3, -0.25) is 19.2 Å². The van der Waals surface area contributed by atoms with Crippen molar-refractivity contribution in [2.75, 3.05) is 44.4 Å². The first-order valence-electron chi connectivity index (χ1n) is 11.2. The minimum atomic E-state index is -0.364. The van der Waals surface area contributed by atoms with E-state index in [1.165, 1.54) is 6.92 Å². The SMILES string of the molecule is CC(=O)NCCCC(=O)Nc1cc(C(=O)Nc2cc(C(=O)NCCCN(C)C)n(C)c2)n(C)c1. The van der Waals surface area contributed by atoms with Gasteiger partial charge in [-0.05, 0) is 45.6 Å². The number of nitrogens with one attached hydrogen (secondary N) is 4. The molecule has 0 aromatic carbocycles. The van der Waals surface area contributed by atoms with Crippen molar-refractivity contribution in [3.8, 4) is 0 Å². The molecule has 2 aromatic heterocycles. The van der Waals surface area contributed by atoms with Gasteiger partial charge in [-0.15, -0.1) is 0 Å². The van der Waals surface area contributed by atoms with E-state index in [1.807, 2.05) is 14.1 Å². The van der Waals surface area contributed by atoms with Crippen LogP contribution in [0.25, 0.3) is 0 Å². The highest BCUT2D eigenvalue weighted by atomic mass is 16.2. The van der Waals surface area contributed by atoms with Crippen LogP contribution < -0.4 is 21.3 Å². The van der Waals surface area contributed by atoms with Crippen LogP contribution in [0.4, 0.5) is 11.4 Å². The van der Waals surface area contributed by atoms with Crippen molar-refractivity contribution in [2.45, 2.75) is 26.2 Å². The molecule has 11 nitrogen and oxygen atoms in total. The molecule has 0 spiro atoms. The summed E-state index contributed by atoms with van der Waals surface area (Å²) in [7, 11) is 7.41. The molecule has 186 valence electrons. The summed E-state index contributed by atoms with van der Waals surface area (Å²) in [4.78, 5) is 50.2. The van der Waals surface area contributed by atoms with E-state index in [-0.39, 0.29) is 30.0 Å². The maximum absolute atomic E-state index is 12.8. The van der Waals surface area contributed by atoms with Crippen molar-refractivity contribution in [3.05, 3.63) is 35.9 Å². The molecule has 0 aliphatic rings. The third kappa shape index (κ3) is 8.39. The minimum Gasteiger partial charge on any atom is -0.356 e. The Morgan fingerprint density at radius 2 is 1.38 bits per heavy atom. The van der Waals surface area contributed by atoms with Crippen LogP contribution in [0.15, 0.2) is 24.5 Å². The Hall–Kier alpha value is -3.60. The number of aromatic nitrogens is 2. The quantitative estimate of drug-likeness (QED) is 0.344. The van der Waals surface area contributed by atoms with Crippen molar-refractivity contribution in [2.24, 2.45) is 14.1 Å². The fourth-order valence-corrected chi connectivity index (χ4v) is 3.34. The van der Waals surface area contributed by atoms with Gasteiger partial charge in [0.2, 0.25) is 11.8 Å². The molecule has 11 heteroatoms. The molecule has 4 N–H and O–H groups in total. The Morgan fingerprint density at radius 3 is 1.97 bits per heavy atom. The third-order valence-electron chi connectivity index (χ3n) is 5.04. The molecule has 0 saturated carbocycles. The van der Waals surface area contributed by atoms with E-state index in [1.54, 1.807) is 47.8 Å². The maximum atomic E-state index is 12.8. The van der Waals surface area contributed by atoms with Crippen LogP contribution in [0.1, 0.15) is 47.2 Å². The molecule has 0 unspecified atom stereocenters. The predicted molar refractivity (Wildman–Crippen MR) is 131 cm³/mol. The first-order chi connectivity index (χ1) is 16.1. The Labute approximate surface area is 199 Å². The molecule has 0 bridgehead atoms. The van der Waals surface area contributed by atoms with Gasteiger partial charge in [0.25, 0.3) is 11.8 Å². The zero-order valence-corrected chi connectivity index (χ0v) is 20.5. The van der Waals surface area contributed by atoms with Gasteiger partial charge in [0.1, 0.15) is 11.4 Å². The molecule has 0 aliphatic heterocycles. The summed E-state index contributed by atoms with van der Waals surface area (Å²) in [5.74, 6) is -0.904. The average molecular weight is 474 g/mol. The van der Waals surface area contributed by atoms with Crippen LogP contribution in [0, 0.1) is 0 Å². The van der Waals surface area contributed by atoms with E-state index < -0.39 is 0 Å². The molecule has 0 radical (unpaired) electrons. The van der Waals surface area contributed by atoms with Gasteiger partial charge in [-0.2, -0.15) is 0 Å². The number of carbonyl (C=O) groups excluding carboxylic acids is 4. The molecule has 34 heavy (non-hydrogen) atoms. The van der Waals surface area contributed by atoms with Crippen LogP contribution in [0.3, 0.4) is 0 Å². The molecule has 0 atom stereocenters. The summed E-state index contributed by atoms with van der Waals surface area (Å²) >= 11 is 0. The summed E-state index contributed by atoms with van der Waals surface area (Å²) < 4.78 is 3.28. The fraction of sp³-hybridized carbons (Fsp3) is 0.478. The Kier molecular flexibility index (Phi) is 9.87. The largest absolute Gasteiger partial charge is 0.356 e. The number of anilines is 2. The molecular formula is C23H35N7O4. The van der Waals surface area contributed by atoms with Crippen molar-refractivity contribution in [1.29, 1.82) is 0 Å². The molecule has 2 heterocycles. The van der Waals surface area contributed by atoms with Gasteiger partial charge in [0.15, 0.2) is 0 Å².